The maximum atomic E-state index is 13.2. The van der Waals surface area contributed by atoms with Crippen molar-refractivity contribution in [3.63, 3.8) is 0 Å². The Balaban J connectivity index is 1.83. The van der Waals surface area contributed by atoms with E-state index < -0.39 is 11.6 Å². The molecule has 1 aromatic carbocycles. The highest BCUT2D eigenvalue weighted by molar-refractivity contribution is 5.54. The molecule has 1 heterocycles. The van der Waals surface area contributed by atoms with Gasteiger partial charge in [-0.3, -0.25) is 0 Å². The first-order valence-electron chi connectivity index (χ1n) is 6.67. The quantitative estimate of drug-likeness (QED) is 0.917. The Labute approximate surface area is 115 Å². The maximum absolute atomic E-state index is 13.2. The summed E-state index contributed by atoms with van der Waals surface area (Å²) in [7, 11) is 0. The Morgan fingerprint density at radius 3 is 2.35 bits per heavy atom. The Hall–Kier alpha value is -1.82. The molecule has 2 N–H and O–H groups in total. The summed E-state index contributed by atoms with van der Waals surface area (Å²) in [6, 6.07) is 3.43. The number of halogens is 2. The molecular formula is C14H15F2N3O. The summed E-state index contributed by atoms with van der Waals surface area (Å²) < 4.78 is 31.6. The second-order valence-corrected chi connectivity index (χ2v) is 5.23. The van der Waals surface area contributed by atoms with E-state index in [1.54, 1.807) is 0 Å². The first-order chi connectivity index (χ1) is 9.61. The number of aromatic nitrogens is 2. The lowest BCUT2D eigenvalue weighted by atomic mass is 9.86. The predicted molar refractivity (Wildman–Crippen MR) is 68.8 cm³/mol. The van der Waals surface area contributed by atoms with Gasteiger partial charge in [0.25, 0.3) is 0 Å². The highest BCUT2D eigenvalue weighted by Crippen LogP contribution is 2.32. The average Bonchev–Trinajstić information content (AvgIpc) is 2.88. The molecule has 0 aliphatic heterocycles. The molecule has 0 unspecified atom stereocenters. The Bertz CT molecular complexity index is 586. The predicted octanol–water partition coefficient (Wildman–Crippen LogP) is 3.00. The third-order valence-electron chi connectivity index (χ3n) is 3.68. The lowest BCUT2D eigenvalue weighted by Crippen LogP contribution is -2.25. The molecule has 1 aliphatic carbocycles. The average molecular weight is 279 g/mol. The van der Waals surface area contributed by atoms with Gasteiger partial charge in [0, 0.05) is 23.6 Å². The van der Waals surface area contributed by atoms with Crippen molar-refractivity contribution in [3.8, 4) is 11.4 Å². The van der Waals surface area contributed by atoms with E-state index in [0.29, 0.717) is 5.89 Å². The number of nitrogens with two attached hydrogens (primary N) is 1. The molecule has 0 bridgehead atoms. The summed E-state index contributed by atoms with van der Waals surface area (Å²) in [6.45, 7) is 0. The van der Waals surface area contributed by atoms with E-state index in [9.17, 15) is 8.78 Å². The first kappa shape index (κ1) is 13.2. The van der Waals surface area contributed by atoms with Crippen LogP contribution >= 0.6 is 0 Å². The van der Waals surface area contributed by atoms with Crippen molar-refractivity contribution in [2.24, 2.45) is 5.73 Å². The zero-order valence-corrected chi connectivity index (χ0v) is 10.9. The largest absolute Gasteiger partial charge is 0.339 e. The lowest BCUT2D eigenvalue weighted by Gasteiger charge is -2.22. The summed E-state index contributed by atoms with van der Waals surface area (Å²) >= 11 is 0. The third-order valence-corrected chi connectivity index (χ3v) is 3.68. The van der Waals surface area contributed by atoms with Crippen LogP contribution in [0.2, 0.25) is 0 Å². The molecule has 0 atom stereocenters. The molecule has 106 valence electrons. The molecule has 4 nitrogen and oxygen atoms in total. The minimum Gasteiger partial charge on any atom is -0.339 e. The van der Waals surface area contributed by atoms with Crippen LogP contribution in [0.15, 0.2) is 22.7 Å². The van der Waals surface area contributed by atoms with Crippen LogP contribution in [0.25, 0.3) is 11.4 Å². The molecular weight excluding hydrogens is 264 g/mol. The summed E-state index contributed by atoms with van der Waals surface area (Å²) in [5.41, 5.74) is 6.14. The molecule has 6 heteroatoms. The van der Waals surface area contributed by atoms with Crippen molar-refractivity contribution < 1.29 is 13.3 Å². The second kappa shape index (κ2) is 5.28. The SMILES string of the molecule is NC1CCC(c2nc(-c3cc(F)cc(F)c3)no2)CC1. The fraction of sp³-hybridized carbons (Fsp3) is 0.429. The number of rotatable bonds is 2. The molecule has 1 aliphatic rings. The third kappa shape index (κ3) is 2.70. The molecule has 0 saturated heterocycles. The Morgan fingerprint density at radius 1 is 1.05 bits per heavy atom. The van der Waals surface area contributed by atoms with Crippen LogP contribution < -0.4 is 5.73 Å². The van der Waals surface area contributed by atoms with Crippen LogP contribution in [0.3, 0.4) is 0 Å². The van der Waals surface area contributed by atoms with Gasteiger partial charge in [0.2, 0.25) is 11.7 Å². The van der Waals surface area contributed by atoms with Crippen LogP contribution in [0.1, 0.15) is 37.5 Å². The van der Waals surface area contributed by atoms with E-state index in [0.717, 1.165) is 31.7 Å². The number of nitrogens with zero attached hydrogens (tertiary/aromatic N) is 2. The fourth-order valence-corrected chi connectivity index (χ4v) is 2.57. The highest BCUT2D eigenvalue weighted by atomic mass is 19.1. The summed E-state index contributed by atoms with van der Waals surface area (Å²) in [5, 5.41) is 3.81. The zero-order chi connectivity index (χ0) is 14.1. The van der Waals surface area contributed by atoms with Crippen molar-refractivity contribution in [3.05, 3.63) is 35.7 Å². The van der Waals surface area contributed by atoms with Crippen LogP contribution in [0.4, 0.5) is 8.78 Å². The summed E-state index contributed by atoms with van der Waals surface area (Å²) in [5.74, 6) is -0.385. The second-order valence-electron chi connectivity index (χ2n) is 5.23. The van der Waals surface area contributed by atoms with Gasteiger partial charge in [-0.25, -0.2) is 8.78 Å². The monoisotopic (exact) mass is 279 g/mol. The van der Waals surface area contributed by atoms with E-state index in [1.807, 2.05) is 0 Å². The first-order valence-corrected chi connectivity index (χ1v) is 6.67. The van der Waals surface area contributed by atoms with Gasteiger partial charge in [0.1, 0.15) is 11.6 Å². The summed E-state index contributed by atoms with van der Waals surface area (Å²) in [4.78, 5) is 4.26. The standard InChI is InChI=1S/C14H15F2N3O/c15-10-5-9(6-11(16)7-10)13-18-14(20-19-13)8-1-3-12(17)4-2-8/h5-8,12H,1-4,17H2. The normalized spacial score (nSPS) is 22.9. The minimum atomic E-state index is -0.657. The molecule has 0 amide bonds. The van der Waals surface area contributed by atoms with E-state index in [1.165, 1.54) is 12.1 Å². The van der Waals surface area contributed by atoms with E-state index in [4.69, 9.17) is 10.3 Å². The van der Waals surface area contributed by atoms with Gasteiger partial charge >= 0.3 is 0 Å². The molecule has 1 saturated carbocycles. The molecule has 0 radical (unpaired) electrons. The van der Waals surface area contributed by atoms with E-state index in [-0.39, 0.29) is 23.3 Å². The van der Waals surface area contributed by atoms with Crippen molar-refractivity contribution in [1.29, 1.82) is 0 Å². The van der Waals surface area contributed by atoms with Crippen LogP contribution in [0, 0.1) is 11.6 Å². The molecule has 3 rings (SSSR count). The maximum Gasteiger partial charge on any atom is 0.230 e. The molecule has 0 spiro atoms. The van der Waals surface area contributed by atoms with Crippen molar-refractivity contribution >= 4 is 0 Å². The van der Waals surface area contributed by atoms with Crippen molar-refractivity contribution in [1.82, 2.24) is 10.1 Å². The fourth-order valence-electron chi connectivity index (χ4n) is 2.57. The van der Waals surface area contributed by atoms with Crippen molar-refractivity contribution in [2.75, 3.05) is 0 Å². The molecule has 1 aromatic heterocycles. The van der Waals surface area contributed by atoms with Crippen LogP contribution in [-0.2, 0) is 0 Å². The number of hydrogen-bond donors (Lipinski definition) is 1. The zero-order valence-electron chi connectivity index (χ0n) is 10.9. The van der Waals surface area contributed by atoms with Crippen LogP contribution in [-0.4, -0.2) is 16.2 Å². The van der Waals surface area contributed by atoms with Gasteiger partial charge in [-0.05, 0) is 37.8 Å². The van der Waals surface area contributed by atoms with Crippen LogP contribution in [0.5, 0.6) is 0 Å². The van der Waals surface area contributed by atoms with Gasteiger partial charge in [-0.15, -0.1) is 0 Å². The smallest absolute Gasteiger partial charge is 0.230 e. The molecule has 2 aromatic rings. The summed E-state index contributed by atoms with van der Waals surface area (Å²) in [6.07, 6.45) is 3.66. The Morgan fingerprint density at radius 2 is 1.70 bits per heavy atom. The molecule has 1 fully saturated rings. The lowest BCUT2D eigenvalue weighted by molar-refractivity contribution is 0.301. The number of benzene rings is 1. The number of hydrogen-bond acceptors (Lipinski definition) is 4. The molecule has 20 heavy (non-hydrogen) atoms. The Kier molecular flexibility index (Phi) is 3.48. The highest BCUT2D eigenvalue weighted by Gasteiger charge is 2.25. The van der Waals surface area contributed by atoms with Gasteiger partial charge in [-0.2, -0.15) is 4.98 Å². The van der Waals surface area contributed by atoms with E-state index in [2.05, 4.69) is 10.1 Å². The van der Waals surface area contributed by atoms with Crippen molar-refractivity contribution in [2.45, 2.75) is 37.6 Å². The van der Waals surface area contributed by atoms with Gasteiger partial charge in [0.15, 0.2) is 0 Å². The topological polar surface area (TPSA) is 64.9 Å². The van der Waals surface area contributed by atoms with Gasteiger partial charge in [-0.1, -0.05) is 5.16 Å². The van der Waals surface area contributed by atoms with Gasteiger partial charge < -0.3 is 10.3 Å². The van der Waals surface area contributed by atoms with E-state index >= 15 is 0 Å². The minimum absolute atomic E-state index is 0.189. The van der Waals surface area contributed by atoms with Gasteiger partial charge in [0.05, 0.1) is 0 Å².